The molecule has 0 aliphatic carbocycles. The van der Waals surface area contributed by atoms with Gasteiger partial charge in [-0.15, -0.1) is 0 Å². The van der Waals surface area contributed by atoms with Crippen LogP contribution >= 0.6 is 23.2 Å². The topological polar surface area (TPSA) is 58.1 Å². The van der Waals surface area contributed by atoms with Crippen LogP contribution < -0.4 is 10.2 Å². The summed E-state index contributed by atoms with van der Waals surface area (Å²) in [6, 6.07) is 13.1. The molecule has 0 atom stereocenters. The minimum absolute atomic E-state index is 0.208. The summed E-state index contributed by atoms with van der Waals surface area (Å²) in [6.07, 6.45) is 5.20. The van der Waals surface area contributed by atoms with Gasteiger partial charge in [0, 0.05) is 17.3 Å². The molecule has 3 aromatic rings. The Bertz CT molecular complexity index is 992. The molecule has 1 amide bonds. The number of carbonyl (C=O) groups is 1. The van der Waals surface area contributed by atoms with Crippen LogP contribution in [0.4, 0.5) is 17.2 Å². The Balaban J connectivity index is 1.54. The molecule has 1 aromatic heterocycles. The summed E-state index contributed by atoms with van der Waals surface area (Å²) in [4.78, 5) is 23.3. The number of fused-ring (bicyclic) bond motifs is 1. The van der Waals surface area contributed by atoms with Gasteiger partial charge in [0.1, 0.15) is 5.69 Å². The van der Waals surface area contributed by atoms with Crippen molar-refractivity contribution in [2.75, 3.05) is 16.8 Å². The molecule has 1 aliphatic rings. The number of nitrogens with one attached hydrogen (secondary N) is 1. The van der Waals surface area contributed by atoms with Crippen LogP contribution in [0.2, 0.25) is 10.0 Å². The molecule has 7 heteroatoms. The molecule has 0 fully saturated rings. The molecule has 27 heavy (non-hydrogen) atoms. The van der Waals surface area contributed by atoms with Gasteiger partial charge in [0.2, 0.25) is 0 Å². The minimum atomic E-state index is -0.391. The van der Waals surface area contributed by atoms with Gasteiger partial charge in [-0.25, -0.2) is 9.97 Å². The fourth-order valence-corrected chi connectivity index (χ4v) is 3.47. The van der Waals surface area contributed by atoms with E-state index in [1.165, 1.54) is 11.8 Å². The molecule has 2 heterocycles. The molecule has 1 aliphatic heterocycles. The van der Waals surface area contributed by atoms with Crippen LogP contribution in [0.15, 0.2) is 54.9 Å². The fourth-order valence-electron chi connectivity index (χ4n) is 3.13. The van der Waals surface area contributed by atoms with Gasteiger partial charge in [0.15, 0.2) is 5.82 Å². The van der Waals surface area contributed by atoms with Gasteiger partial charge in [-0.1, -0.05) is 41.4 Å². The number of benzene rings is 2. The molecule has 4 rings (SSSR count). The third kappa shape index (κ3) is 3.75. The van der Waals surface area contributed by atoms with E-state index < -0.39 is 5.91 Å². The molecular formula is C20H16Cl2N4O. The van der Waals surface area contributed by atoms with Crippen LogP contribution in [0.5, 0.6) is 0 Å². The molecule has 136 valence electrons. The van der Waals surface area contributed by atoms with E-state index in [2.05, 4.69) is 32.3 Å². The first kappa shape index (κ1) is 17.8. The lowest BCUT2D eigenvalue weighted by atomic mass is 10.0. The van der Waals surface area contributed by atoms with E-state index in [0.717, 1.165) is 30.9 Å². The smallest absolute Gasteiger partial charge is 0.275 e. The highest BCUT2D eigenvalue weighted by Crippen LogP contribution is 2.32. The molecule has 0 radical (unpaired) electrons. The zero-order valence-electron chi connectivity index (χ0n) is 14.3. The van der Waals surface area contributed by atoms with E-state index in [-0.39, 0.29) is 5.69 Å². The van der Waals surface area contributed by atoms with Crippen molar-refractivity contribution in [3.63, 3.8) is 0 Å². The molecule has 0 saturated carbocycles. The second kappa shape index (κ2) is 7.55. The Morgan fingerprint density at radius 1 is 1.07 bits per heavy atom. The van der Waals surface area contributed by atoms with Crippen molar-refractivity contribution in [2.45, 2.75) is 12.8 Å². The number of halogens is 2. The molecular weight excluding hydrogens is 383 g/mol. The van der Waals surface area contributed by atoms with Gasteiger partial charge in [-0.05, 0) is 42.7 Å². The predicted molar refractivity (Wildman–Crippen MR) is 108 cm³/mol. The lowest BCUT2D eigenvalue weighted by molar-refractivity contribution is 0.102. The number of amides is 1. The molecule has 0 bridgehead atoms. The van der Waals surface area contributed by atoms with Crippen LogP contribution in [-0.4, -0.2) is 22.4 Å². The van der Waals surface area contributed by atoms with E-state index in [1.54, 1.807) is 24.4 Å². The van der Waals surface area contributed by atoms with Gasteiger partial charge >= 0.3 is 0 Å². The summed E-state index contributed by atoms with van der Waals surface area (Å²) >= 11 is 12.0. The molecule has 5 nitrogen and oxygen atoms in total. The Labute approximate surface area is 167 Å². The Morgan fingerprint density at radius 2 is 1.93 bits per heavy atom. The van der Waals surface area contributed by atoms with E-state index in [1.807, 2.05) is 12.1 Å². The van der Waals surface area contributed by atoms with Crippen molar-refractivity contribution in [3.05, 3.63) is 76.2 Å². The van der Waals surface area contributed by atoms with Crippen molar-refractivity contribution < 1.29 is 4.79 Å². The molecule has 0 saturated heterocycles. The van der Waals surface area contributed by atoms with Gasteiger partial charge < -0.3 is 10.2 Å². The maximum Gasteiger partial charge on any atom is 0.275 e. The van der Waals surface area contributed by atoms with Crippen molar-refractivity contribution in [3.8, 4) is 0 Å². The number of hydrogen-bond acceptors (Lipinski definition) is 4. The van der Waals surface area contributed by atoms with Crippen LogP contribution in [0, 0.1) is 0 Å². The quantitative estimate of drug-likeness (QED) is 0.664. The van der Waals surface area contributed by atoms with Crippen molar-refractivity contribution in [1.82, 2.24) is 9.97 Å². The summed E-state index contributed by atoms with van der Waals surface area (Å²) in [5.74, 6) is 0.330. The van der Waals surface area contributed by atoms with Crippen LogP contribution in [0.1, 0.15) is 22.5 Å². The highest BCUT2D eigenvalue weighted by Gasteiger charge is 2.19. The van der Waals surface area contributed by atoms with Gasteiger partial charge in [0.05, 0.1) is 23.1 Å². The monoisotopic (exact) mass is 398 g/mol. The van der Waals surface area contributed by atoms with Crippen LogP contribution in [-0.2, 0) is 6.42 Å². The summed E-state index contributed by atoms with van der Waals surface area (Å²) < 4.78 is 0. The lowest BCUT2D eigenvalue weighted by Gasteiger charge is -2.30. The highest BCUT2D eigenvalue weighted by molar-refractivity contribution is 6.35. The number of anilines is 3. The molecule has 0 spiro atoms. The second-order valence-corrected chi connectivity index (χ2v) is 7.07. The number of aromatic nitrogens is 2. The van der Waals surface area contributed by atoms with E-state index >= 15 is 0 Å². The average molecular weight is 399 g/mol. The summed E-state index contributed by atoms with van der Waals surface area (Å²) in [7, 11) is 0. The van der Waals surface area contributed by atoms with Gasteiger partial charge in [-0.3, -0.25) is 4.79 Å². The lowest BCUT2D eigenvalue weighted by Crippen LogP contribution is -2.25. The van der Waals surface area contributed by atoms with Crippen LogP contribution in [0.25, 0.3) is 0 Å². The largest absolute Gasteiger partial charge is 0.325 e. The van der Waals surface area contributed by atoms with E-state index in [9.17, 15) is 4.79 Å². The maximum absolute atomic E-state index is 12.4. The van der Waals surface area contributed by atoms with Crippen molar-refractivity contribution in [2.24, 2.45) is 0 Å². The maximum atomic E-state index is 12.4. The number of nitrogens with zero attached hydrogens (tertiary/aromatic N) is 3. The minimum Gasteiger partial charge on any atom is -0.325 e. The van der Waals surface area contributed by atoms with E-state index in [4.69, 9.17) is 23.2 Å². The predicted octanol–water partition coefficient (Wildman–Crippen LogP) is 5.12. The van der Waals surface area contributed by atoms with Crippen molar-refractivity contribution in [1.29, 1.82) is 0 Å². The van der Waals surface area contributed by atoms with Gasteiger partial charge in [0.25, 0.3) is 5.91 Å². The van der Waals surface area contributed by atoms with Gasteiger partial charge in [-0.2, -0.15) is 0 Å². The number of aryl methyl sites for hydroxylation is 1. The second-order valence-electron chi connectivity index (χ2n) is 6.22. The zero-order valence-corrected chi connectivity index (χ0v) is 15.8. The number of carbonyl (C=O) groups excluding carboxylic acids is 1. The first-order valence-corrected chi connectivity index (χ1v) is 9.31. The van der Waals surface area contributed by atoms with Crippen molar-refractivity contribution >= 4 is 46.3 Å². The fraction of sp³-hybridized carbons (Fsp3) is 0.150. The SMILES string of the molecule is O=C(Nc1cc(Cl)ccc1Cl)c1cnc(N2CCCc3ccccc32)cn1. The number of hydrogen-bond donors (Lipinski definition) is 1. The Hall–Kier alpha value is -2.63. The van der Waals surface area contributed by atoms with E-state index in [0.29, 0.717) is 15.7 Å². The highest BCUT2D eigenvalue weighted by atomic mass is 35.5. The number of rotatable bonds is 3. The third-order valence-corrected chi connectivity index (χ3v) is 5.00. The standard InChI is InChI=1S/C20H16Cl2N4O/c21-14-7-8-15(22)16(10-14)25-20(27)17-11-24-19(12-23-17)26-9-3-5-13-4-1-2-6-18(13)26/h1-2,4,6-8,10-12H,3,5,9H2,(H,25,27). The third-order valence-electron chi connectivity index (χ3n) is 4.43. The average Bonchev–Trinajstić information content (AvgIpc) is 2.70. The molecule has 1 N–H and O–H groups in total. The Kier molecular flexibility index (Phi) is 4.97. The normalized spacial score (nSPS) is 13.2. The first-order valence-electron chi connectivity index (χ1n) is 8.56. The molecule has 2 aromatic carbocycles. The molecule has 0 unspecified atom stereocenters. The summed E-state index contributed by atoms with van der Waals surface area (Å²) in [5, 5.41) is 3.60. The van der Waals surface area contributed by atoms with Crippen LogP contribution in [0.3, 0.4) is 0 Å². The summed E-state index contributed by atoms with van der Waals surface area (Å²) in [6.45, 7) is 0.870. The number of para-hydroxylation sites is 1. The Morgan fingerprint density at radius 3 is 2.74 bits per heavy atom. The summed E-state index contributed by atoms with van der Waals surface area (Å²) in [5.41, 5.74) is 3.08. The zero-order chi connectivity index (χ0) is 18.8. The first-order chi connectivity index (χ1) is 13.1.